The first-order valence-corrected chi connectivity index (χ1v) is 7.98. The van der Waals surface area contributed by atoms with E-state index in [9.17, 15) is 9.59 Å². The van der Waals surface area contributed by atoms with Gasteiger partial charge in [0.1, 0.15) is 0 Å². The quantitative estimate of drug-likeness (QED) is 0.673. The Bertz CT molecular complexity index is 470. The van der Waals surface area contributed by atoms with E-state index in [-0.39, 0.29) is 39.4 Å². The Morgan fingerprint density at radius 3 is 2.88 bits per heavy atom. The third-order valence-corrected chi connectivity index (χ3v) is 5.43. The lowest BCUT2D eigenvalue weighted by atomic mass is 10.1. The summed E-state index contributed by atoms with van der Waals surface area (Å²) in [6.07, 6.45) is 2.05. The average Bonchev–Trinajstić information content (AvgIpc) is 2.69. The first kappa shape index (κ1) is 11.7. The van der Waals surface area contributed by atoms with E-state index in [0.29, 0.717) is 4.88 Å². The third kappa shape index (κ3) is 2.65. The smallest absolute Gasteiger partial charge is 0.303 e. The normalized spacial score (nSPS) is 13.0. The van der Waals surface area contributed by atoms with Gasteiger partial charge < -0.3 is 5.11 Å². The number of ketones is 1. The SMILES string of the molecule is O=C(O)CCC(=O)c1cc2c(s1)C=IC=C2. The fourth-order valence-corrected chi connectivity index (χ4v) is 4.46. The van der Waals surface area contributed by atoms with Crippen LogP contribution in [0.2, 0.25) is 0 Å². The molecule has 5 heteroatoms. The van der Waals surface area contributed by atoms with Crippen molar-refractivity contribution in [1.29, 1.82) is 0 Å². The molecule has 1 N–H and O–H groups in total. The summed E-state index contributed by atoms with van der Waals surface area (Å²) in [5.41, 5.74) is 1.09. The van der Waals surface area contributed by atoms with Crippen molar-refractivity contribution in [1.82, 2.24) is 0 Å². The second-order valence-electron chi connectivity index (χ2n) is 3.27. The van der Waals surface area contributed by atoms with E-state index in [1.165, 1.54) is 11.3 Å². The molecular formula is C11H9IO3S. The average molecular weight is 348 g/mol. The van der Waals surface area contributed by atoms with Gasteiger partial charge in [0.15, 0.2) is 5.78 Å². The summed E-state index contributed by atoms with van der Waals surface area (Å²) < 4.78 is 4.34. The van der Waals surface area contributed by atoms with Gasteiger partial charge in [-0.25, -0.2) is 0 Å². The van der Waals surface area contributed by atoms with Crippen molar-refractivity contribution in [3.63, 3.8) is 0 Å². The second-order valence-corrected chi connectivity index (χ2v) is 6.42. The van der Waals surface area contributed by atoms with Crippen LogP contribution in [0.25, 0.3) is 6.08 Å². The van der Waals surface area contributed by atoms with E-state index < -0.39 is 5.97 Å². The fourth-order valence-electron chi connectivity index (χ4n) is 1.31. The van der Waals surface area contributed by atoms with E-state index in [1.807, 2.05) is 12.1 Å². The Balaban J connectivity index is 2.13. The molecule has 16 heavy (non-hydrogen) atoms. The van der Waals surface area contributed by atoms with Crippen molar-refractivity contribution >= 4 is 53.9 Å². The minimum absolute atomic E-state index is 0.000189. The van der Waals surface area contributed by atoms with Crippen LogP contribution in [0.4, 0.5) is 0 Å². The van der Waals surface area contributed by atoms with Crippen LogP contribution in [-0.2, 0) is 4.79 Å². The zero-order valence-electron chi connectivity index (χ0n) is 8.27. The van der Waals surface area contributed by atoms with E-state index in [2.05, 4.69) is 8.09 Å². The lowest BCUT2D eigenvalue weighted by Crippen LogP contribution is -2.01. The van der Waals surface area contributed by atoms with Crippen molar-refractivity contribution in [3.8, 4) is 0 Å². The molecule has 3 nitrogen and oxygen atoms in total. The van der Waals surface area contributed by atoms with E-state index in [0.717, 1.165) is 10.4 Å². The summed E-state index contributed by atoms with van der Waals surface area (Å²) >= 11 is 1.47. The van der Waals surface area contributed by atoms with Crippen molar-refractivity contribution in [2.75, 3.05) is 0 Å². The number of carbonyl (C=O) groups is 2. The summed E-state index contributed by atoms with van der Waals surface area (Å²) in [4.78, 5) is 23.9. The maximum atomic E-state index is 11.7. The molecule has 1 aliphatic heterocycles. The van der Waals surface area contributed by atoms with Gasteiger partial charge in [0.2, 0.25) is 0 Å². The number of aliphatic carboxylic acids is 1. The third-order valence-electron chi connectivity index (χ3n) is 2.11. The molecule has 1 aromatic heterocycles. The van der Waals surface area contributed by atoms with E-state index in [1.54, 1.807) is 0 Å². The Morgan fingerprint density at radius 2 is 2.19 bits per heavy atom. The minimum Gasteiger partial charge on any atom is -0.481 e. The topological polar surface area (TPSA) is 54.4 Å². The standard InChI is InChI=1S/C11H9IO3S/c13-8(1-2-11(14)15)9-5-7-3-4-12-6-10(7)16-9/h3-6H,1-2H2,(H,14,15). The molecule has 1 aliphatic rings. The summed E-state index contributed by atoms with van der Waals surface area (Å²) in [7, 11) is 0. The summed E-state index contributed by atoms with van der Waals surface area (Å²) in [6.45, 7) is 0. The van der Waals surface area contributed by atoms with E-state index in [4.69, 9.17) is 5.11 Å². The summed E-state index contributed by atoms with van der Waals surface area (Å²) in [6, 6.07) is 1.86. The molecule has 1 aromatic rings. The lowest BCUT2D eigenvalue weighted by Gasteiger charge is -1.93. The highest BCUT2D eigenvalue weighted by atomic mass is 127. The fraction of sp³-hybridized carbons (Fsp3) is 0.182. The van der Waals surface area contributed by atoms with Crippen molar-refractivity contribution in [3.05, 3.63) is 25.5 Å². The summed E-state index contributed by atoms with van der Waals surface area (Å²) in [5, 5.41) is 8.51. The number of rotatable bonds is 4. The zero-order chi connectivity index (χ0) is 11.5. The van der Waals surface area contributed by atoms with Gasteiger partial charge in [-0.2, -0.15) is 0 Å². The van der Waals surface area contributed by atoms with Gasteiger partial charge in [0.25, 0.3) is 0 Å². The highest BCUT2D eigenvalue weighted by Gasteiger charge is 2.14. The first-order chi connectivity index (χ1) is 7.66. The highest BCUT2D eigenvalue weighted by Crippen LogP contribution is 2.28. The lowest BCUT2D eigenvalue weighted by molar-refractivity contribution is -0.136. The molecule has 0 saturated heterocycles. The number of hydrogen-bond acceptors (Lipinski definition) is 3. The van der Waals surface area contributed by atoms with Crippen molar-refractivity contribution in [2.24, 2.45) is 0 Å². The molecule has 0 aliphatic carbocycles. The van der Waals surface area contributed by atoms with E-state index >= 15 is 0 Å². The number of hydrogen-bond donors (Lipinski definition) is 1. The molecule has 2 rings (SSSR count). The van der Waals surface area contributed by atoms with Gasteiger partial charge in [-0.1, -0.05) is 20.7 Å². The molecule has 0 fully saturated rings. The minimum atomic E-state index is -0.924. The zero-order valence-corrected chi connectivity index (χ0v) is 11.2. The molecule has 0 unspecified atom stereocenters. The van der Waals surface area contributed by atoms with Gasteiger partial charge in [-0.15, -0.1) is 11.3 Å². The van der Waals surface area contributed by atoms with Crippen LogP contribution >= 0.6 is 32.1 Å². The molecule has 0 spiro atoms. The van der Waals surface area contributed by atoms with Crippen LogP contribution in [0.5, 0.6) is 0 Å². The number of carboxylic acid groups (broad SMARTS) is 1. The largest absolute Gasteiger partial charge is 0.481 e. The first-order valence-electron chi connectivity index (χ1n) is 4.67. The Morgan fingerprint density at radius 1 is 1.38 bits per heavy atom. The Labute approximate surface area is 107 Å². The maximum Gasteiger partial charge on any atom is 0.303 e. The number of carboxylic acids is 1. The molecule has 0 atom stereocenters. The highest BCUT2D eigenvalue weighted by molar-refractivity contribution is 14.2. The number of fused-ring (bicyclic) bond motifs is 1. The molecule has 0 aromatic carbocycles. The van der Waals surface area contributed by atoms with Crippen LogP contribution in [0, 0.1) is 0 Å². The van der Waals surface area contributed by atoms with Gasteiger partial charge in [-0.05, 0) is 25.8 Å². The van der Waals surface area contributed by atoms with Gasteiger partial charge >= 0.3 is 5.97 Å². The molecule has 0 bridgehead atoms. The summed E-state index contributed by atoms with van der Waals surface area (Å²) in [5.74, 6) is -0.992. The number of thiophene rings is 1. The predicted octanol–water partition coefficient (Wildman–Crippen LogP) is 2.90. The van der Waals surface area contributed by atoms with Gasteiger partial charge in [0, 0.05) is 11.3 Å². The molecule has 0 amide bonds. The Hall–Kier alpha value is -0.820. The monoisotopic (exact) mass is 348 g/mol. The van der Waals surface area contributed by atoms with Gasteiger partial charge in [-0.3, -0.25) is 9.59 Å². The van der Waals surface area contributed by atoms with Gasteiger partial charge in [0.05, 0.1) is 11.3 Å². The molecule has 2 heterocycles. The second kappa shape index (κ2) is 5.01. The molecular weight excluding hydrogens is 339 g/mol. The number of Topliss-reactive ketones (excluding diaryl/α,β-unsaturated/α-hetero) is 1. The maximum absolute atomic E-state index is 11.7. The molecule has 0 saturated carbocycles. The van der Waals surface area contributed by atoms with Crippen LogP contribution in [-0.4, -0.2) is 20.9 Å². The molecule has 0 radical (unpaired) electrons. The van der Waals surface area contributed by atoms with Crippen molar-refractivity contribution < 1.29 is 14.7 Å². The molecule has 84 valence electrons. The number of carbonyl (C=O) groups excluding carboxylic acids is 1. The Kier molecular flexibility index (Phi) is 3.65. The van der Waals surface area contributed by atoms with Crippen LogP contribution in [0.15, 0.2) is 10.1 Å². The van der Waals surface area contributed by atoms with Crippen LogP contribution in [0.3, 0.4) is 0 Å². The van der Waals surface area contributed by atoms with Crippen molar-refractivity contribution in [2.45, 2.75) is 12.8 Å². The van der Waals surface area contributed by atoms with Crippen LogP contribution < -0.4 is 0 Å². The van der Waals surface area contributed by atoms with Crippen LogP contribution in [0.1, 0.15) is 33.0 Å². The predicted molar refractivity (Wildman–Crippen MR) is 73.7 cm³/mol. The number of halogens is 1.